The quantitative estimate of drug-likeness (QED) is 0.741. The lowest BCUT2D eigenvalue weighted by molar-refractivity contribution is 0.0715. The lowest BCUT2D eigenvalue weighted by Crippen LogP contribution is -2.38. The Hall–Kier alpha value is -2.89. The van der Waals surface area contributed by atoms with E-state index in [-0.39, 0.29) is 11.9 Å². The van der Waals surface area contributed by atoms with Crippen molar-refractivity contribution in [1.82, 2.24) is 24.5 Å². The summed E-state index contributed by atoms with van der Waals surface area (Å²) in [5, 5.41) is 8.71. The fourth-order valence-corrected chi connectivity index (χ4v) is 3.23. The molecule has 24 heavy (non-hydrogen) atoms. The van der Waals surface area contributed by atoms with Gasteiger partial charge >= 0.3 is 0 Å². The molecule has 1 amide bonds. The molecule has 1 fully saturated rings. The van der Waals surface area contributed by atoms with E-state index in [2.05, 4.69) is 10.2 Å². The molecule has 1 aliphatic rings. The first-order valence-electron chi connectivity index (χ1n) is 8.21. The lowest BCUT2D eigenvalue weighted by Gasteiger charge is -2.23. The van der Waals surface area contributed by atoms with Crippen LogP contribution in [0, 0.1) is 0 Å². The number of rotatable bonds is 4. The Morgan fingerprint density at radius 2 is 2.00 bits per heavy atom. The zero-order chi connectivity index (χ0) is 16.4. The van der Waals surface area contributed by atoms with E-state index in [9.17, 15) is 4.79 Å². The number of hydrogen-bond acceptors (Lipinski definition) is 3. The average Bonchev–Trinajstić information content (AvgIpc) is 3.37. The molecule has 3 aromatic rings. The molecular weight excluding hydrogens is 302 g/mol. The molecular formula is C18H19N5O. The Bertz CT molecular complexity index is 809. The van der Waals surface area contributed by atoms with Crippen molar-refractivity contribution in [3.63, 3.8) is 0 Å². The summed E-state index contributed by atoms with van der Waals surface area (Å²) < 4.78 is 3.63. The Balaban J connectivity index is 1.52. The number of benzene rings is 1. The zero-order valence-electron chi connectivity index (χ0n) is 13.3. The summed E-state index contributed by atoms with van der Waals surface area (Å²) in [5.41, 5.74) is 1.44. The topological polar surface area (TPSA) is 56.0 Å². The van der Waals surface area contributed by atoms with E-state index in [1.54, 1.807) is 16.9 Å². The van der Waals surface area contributed by atoms with E-state index in [4.69, 9.17) is 0 Å². The van der Waals surface area contributed by atoms with E-state index in [1.807, 2.05) is 58.4 Å². The van der Waals surface area contributed by atoms with E-state index in [0.717, 1.165) is 31.6 Å². The monoisotopic (exact) mass is 321 g/mol. The van der Waals surface area contributed by atoms with Gasteiger partial charge in [0.05, 0.1) is 18.3 Å². The zero-order valence-corrected chi connectivity index (χ0v) is 13.3. The van der Waals surface area contributed by atoms with E-state index in [0.29, 0.717) is 5.69 Å². The molecule has 1 atom stereocenters. The van der Waals surface area contributed by atoms with E-state index in [1.165, 1.54) is 0 Å². The summed E-state index contributed by atoms with van der Waals surface area (Å²) in [7, 11) is 0. The van der Waals surface area contributed by atoms with Gasteiger partial charge in [0.1, 0.15) is 0 Å². The molecule has 1 unspecified atom stereocenters. The molecule has 0 aliphatic carbocycles. The second-order valence-corrected chi connectivity index (χ2v) is 6.00. The largest absolute Gasteiger partial charge is 0.332 e. The Morgan fingerprint density at radius 3 is 2.79 bits per heavy atom. The fourth-order valence-electron chi connectivity index (χ4n) is 3.23. The third-order valence-electron chi connectivity index (χ3n) is 4.42. The minimum atomic E-state index is -0.000614. The number of nitrogens with zero attached hydrogens (tertiary/aromatic N) is 5. The molecule has 1 aromatic carbocycles. The minimum Gasteiger partial charge on any atom is -0.332 e. The van der Waals surface area contributed by atoms with Gasteiger partial charge in [-0.1, -0.05) is 18.2 Å². The fraction of sp³-hybridized carbons (Fsp3) is 0.278. The van der Waals surface area contributed by atoms with Crippen LogP contribution in [0.5, 0.6) is 0 Å². The Morgan fingerprint density at radius 1 is 1.12 bits per heavy atom. The molecule has 0 bridgehead atoms. The van der Waals surface area contributed by atoms with Gasteiger partial charge in [-0.2, -0.15) is 10.2 Å². The highest BCUT2D eigenvalue weighted by Crippen LogP contribution is 2.21. The van der Waals surface area contributed by atoms with Crippen LogP contribution in [0.3, 0.4) is 0 Å². The highest BCUT2D eigenvalue weighted by molar-refractivity contribution is 5.92. The van der Waals surface area contributed by atoms with Crippen LogP contribution in [0.25, 0.3) is 5.69 Å². The second-order valence-electron chi connectivity index (χ2n) is 6.00. The van der Waals surface area contributed by atoms with Gasteiger partial charge in [-0.3, -0.25) is 9.48 Å². The number of carbonyl (C=O) groups excluding carboxylic acids is 1. The lowest BCUT2D eigenvalue weighted by atomic mass is 10.2. The van der Waals surface area contributed by atoms with Crippen LogP contribution < -0.4 is 0 Å². The number of hydrogen-bond donors (Lipinski definition) is 0. The maximum absolute atomic E-state index is 12.9. The van der Waals surface area contributed by atoms with Crippen molar-refractivity contribution in [3.05, 3.63) is 66.7 Å². The van der Waals surface area contributed by atoms with E-state index >= 15 is 0 Å². The van der Waals surface area contributed by atoms with E-state index < -0.39 is 0 Å². The molecule has 0 saturated carbocycles. The van der Waals surface area contributed by atoms with Gasteiger partial charge in [-0.05, 0) is 37.1 Å². The Labute approximate surface area is 140 Å². The van der Waals surface area contributed by atoms with Crippen molar-refractivity contribution < 1.29 is 4.79 Å². The number of likely N-dealkylation sites (tertiary alicyclic amines) is 1. The molecule has 6 nitrogen and oxygen atoms in total. The van der Waals surface area contributed by atoms with Gasteiger partial charge in [-0.25, -0.2) is 4.68 Å². The molecule has 1 aliphatic heterocycles. The summed E-state index contributed by atoms with van der Waals surface area (Å²) in [5.74, 6) is -0.000614. The molecule has 122 valence electrons. The number of amides is 1. The average molecular weight is 321 g/mol. The molecule has 1 saturated heterocycles. The number of carbonyl (C=O) groups is 1. The molecule has 4 rings (SSSR count). The maximum Gasteiger partial charge on any atom is 0.274 e. The first-order valence-corrected chi connectivity index (χ1v) is 8.21. The van der Waals surface area contributed by atoms with Gasteiger partial charge in [0.2, 0.25) is 0 Å². The third kappa shape index (κ3) is 2.82. The van der Waals surface area contributed by atoms with Crippen molar-refractivity contribution in [1.29, 1.82) is 0 Å². The van der Waals surface area contributed by atoms with Crippen LogP contribution in [0.2, 0.25) is 0 Å². The summed E-state index contributed by atoms with van der Waals surface area (Å²) >= 11 is 0. The minimum absolute atomic E-state index is 0.000614. The second kappa shape index (κ2) is 6.31. The van der Waals surface area contributed by atoms with Crippen LogP contribution in [0.1, 0.15) is 23.3 Å². The highest BCUT2D eigenvalue weighted by Gasteiger charge is 2.30. The standard InChI is InChI=1S/C18H19N5O/c24-18(17-9-13-23(20-17)15-6-2-1-3-7-15)22-12-4-8-16(22)14-21-11-5-10-19-21/h1-3,5-7,9-11,13,16H,4,8,12,14H2. The van der Waals surface area contributed by atoms with Crippen LogP contribution in [-0.2, 0) is 6.54 Å². The van der Waals surface area contributed by atoms with Gasteiger partial charge in [-0.15, -0.1) is 0 Å². The number of para-hydroxylation sites is 1. The van der Waals surface area contributed by atoms with Crippen LogP contribution in [0.4, 0.5) is 0 Å². The smallest absolute Gasteiger partial charge is 0.274 e. The van der Waals surface area contributed by atoms with Gasteiger partial charge in [0.25, 0.3) is 5.91 Å². The van der Waals surface area contributed by atoms with Crippen molar-refractivity contribution in [2.24, 2.45) is 0 Å². The third-order valence-corrected chi connectivity index (χ3v) is 4.42. The summed E-state index contributed by atoms with van der Waals surface area (Å²) in [6.45, 7) is 1.51. The molecule has 6 heteroatoms. The van der Waals surface area contributed by atoms with Crippen LogP contribution in [-0.4, -0.2) is 43.0 Å². The van der Waals surface area contributed by atoms with Gasteiger partial charge < -0.3 is 4.90 Å². The van der Waals surface area contributed by atoms with Gasteiger partial charge in [0.15, 0.2) is 5.69 Å². The maximum atomic E-state index is 12.9. The van der Waals surface area contributed by atoms with Crippen molar-refractivity contribution in [2.45, 2.75) is 25.4 Å². The van der Waals surface area contributed by atoms with Crippen molar-refractivity contribution in [3.8, 4) is 5.69 Å². The molecule has 0 spiro atoms. The van der Waals surface area contributed by atoms with Crippen molar-refractivity contribution >= 4 is 5.91 Å². The number of aromatic nitrogens is 4. The van der Waals surface area contributed by atoms with Crippen LogP contribution >= 0.6 is 0 Å². The molecule has 0 radical (unpaired) electrons. The molecule has 3 heterocycles. The predicted molar refractivity (Wildman–Crippen MR) is 89.8 cm³/mol. The summed E-state index contributed by atoms with van der Waals surface area (Å²) in [4.78, 5) is 14.8. The summed E-state index contributed by atoms with van der Waals surface area (Å²) in [6.07, 6.45) is 7.57. The van der Waals surface area contributed by atoms with Crippen LogP contribution in [0.15, 0.2) is 61.1 Å². The summed E-state index contributed by atoms with van der Waals surface area (Å²) in [6, 6.07) is 13.7. The normalized spacial score (nSPS) is 17.3. The SMILES string of the molecule is O=C(c1ccn(-c2ccccc2)n1)N1CCCC1Cn1cccn1. The molecule has 0 N–H and O–H groups in total. The van der Waals surface area contributed by atoms with Gasteiger partial charge in [0, 0.05) is 25.1 Å². The Kier molecular flexibility index (Phi) is 3.86. The predicted octanol–water partition coefficient (Wildman–Crippen LogP) is 2.37. The first-order chi connectivity index (χ1) is 11.8. The highest BCUT2D eigenvalue weighted by atomic mass is 16.2. The van der Waals surface area contributed by atoms with Crippen molar-refractivity contribution in [2.75, 3.05) is 6.54 Å². The first kappa shape index (κ1) is 14.7. The molecule has 2 aromatic heterocycles.